The van der Waals surface area contributed by atoms with Gasteiger partial charge < -0.3 is 15.4 Å². The molecule has 2 aromatic rings. The number of hydrogen-bond acceptors (Lipinski definition) is 6. The first-order valence-electron chi connectivity index (χ1n) is 9.36. The number of carbonyl (C=O) groups excluding carboxylic acids is 1. The maximum Gasteiger partial charge on any atom is 0.296 e. The van der Waals surface area contributed by atoms with E-state index in [4.69, 9.17) is 4.74 Å². The summed E-state index contributed by atoms with van der Waals surface area (Å²) >= 11 is 0. The molecule has 2 aromatic carbocycles. The number of rotatable bonds is 5. The number of anilines is 2. The van der Waals surface area contributed by atoms with Gasteiger partial charge in [-0.2, -0.15) is 0 Å². The number of fused-ring (bicyclic) bond motifs is 1. The van der Waals surface area contributed by atoms with Crippen molar-refractivity contribution < 1.29 is 14.5 Å². The molecule has 2 aliphatic rings. The molecular formula is C20H22N4O4. The first-order valence-corrected chi connectivity index (χ1v) is 9.36. The van der Waals surface area contributed by atoms with Gasteiger partial charge in [-0.3, -0.25) is 19.8 Å². The Morgan fingerprint density at radius 3 is 2.68 bits per heavy atom. The number of benzene rings is 2. The van der Waals surface area contributed by atoms with Crippen molar-refractivity contribution in [3.8, 4) is 5.75 Å². The van der Waals surface area contributed by atoms with Crippen LogP contribution in [0.1, 0.15) is 18.4 Å². The third-order valence-corrected chi connectivity index (χ3v) is 5.12. The van der Waals surface area contributed by atoms with E-state index in [0.717, 1.165) is 32.5 Å². The predicted octanol–water partition coefficient (Wildman–Crippen LogP) is 3.00. The number of nitrogens with one attached hydrogen (secondary N) is 2. The second-order valence-corrected chi connectivity index (χ2v) is 7.14. The van der Waals surface area contributed by atoms with Gasteiger partial charge in [-0.1, -0.05) is 30.3 Å². The number of piperidine rings is 1. The van der Waals surface area contributed by atoms with Gasteiger partial charge in [0.1, 0.15) is 5.69 Å². The molecule has 0 aliphatic carbocycles. The lowest BCUT2D eigenvalue weighted by Crippen LogP contribution is -2.38. The lowest BCUT2D eigenvalue weighted by molar-refractivity contribution is -0.384. The minimum atomic E-state index is -0.424. The Hall–Kier alpha value is -3.13. The van der Waals surface area contributed by atoms with Crippen molar-refractivity contribution in [2.75, 3.05) is 30.3 Å². The molecular weight excluding hydrogens is 360 g/mol. The van der Waals surface area contributed by atoms with Crippen LogP contribution in [0.3, 0.4) is 0 Å². The molecule has 0 unspecified atom stereocenters. The molecule has 146 valence electrons. The monoisotopic (exact) mass is 382 g/mol. The fourth-order valence-electron chi connectivity index (χ4n) is 3.68. The van der Waals surface area contributed by atoms with Crippen molar-refractivity contribution in [2.24, 2.45) is 0 Å². The average molecular weight is 382 g/mol. The Bertz CT molecular complexity index is 879. The number of ether oxygens (including phenoxy) is 1. The zero-order valence-corrected chi connectivity index (χ0v) is 15.4. The van der Waals surface area contributed by atoms with E-state index in [-0.39, 0.29) is 24.2 Å². The molecule has 2 aliphatic heterocycles. The number of likely N-dealkylation sites (tertiary alicyclic amines) is 1. The van der Waals surface area contributed by atoms with Gasteiger partial charge in [-0.05, 0) is 24.5 Å². The van der Waals surface area contributed by atoms with Crippen molar-refractivity contribution in [3.63, 3.8) is 0 Å². The van der Waals surface area contributed by atoms with Gasteiger partial charge in [0.15, 0.2) is 12.4 Å². The molecule has 2 N–H and O–H groups in total. The van der Waals surface area contributed by atoms with Crippen LogP contribution < -0.4 is 15.4 Å². The third-order valence-electron chi connectivity index (χ3n) is 5.12. The fourth-order valence-corrected chi connectivity index (χ4v) is 3.68. The minimum Gasteiger partial charge on any atom is -0.481 e. The zero-order chi connectivity index (χ0) is 19.5. The maximum absolute atomic E-state index is 11.5. The van der Waals surface area contributed by atoms with E-state index < -0.39 is 4.92 Å². The van der Waals surface area contributed by atoms with E-state index in [9.17, 15) is 14.9 Å². The number of amides is 1. The van der Waals surface area contributed by atoms with E-state index in [1.165, 1.54) is 11.6 Å². The number of hydrogen-bond donors (Lipinski definition) is 2. The smallest absolute Gasteiger partial charge is 0.296 e. The second kappa shape index (κ2) is 7.85. The van der Waals surface area contributed by atoms with E-state index in [0.29, 0.717) is 17.1 Å². The Morgan fingerprint density at radius 2 is 1.96 bits per heavy atom. The van der Waals surface area contributed by atoms with Crippen LogP contribution in [0.5, 0.6) is 5.75 Å². The Morgan fingerprint density at radius 1 is 1.21 bits per heavy atom. The summed E-state index contributed by atoms with van der Waals surface area (Å²) in [4.78, 5) is 25.0. The Labute approximate surface area is 162 Å². The van der Waals surface area contributed by atoms with Gasteiger partial charge in [0.25, 0.3) is 11.6 Å². The molecule has 1 saturated heterocycles. The van der Waals surface area contributed by atoms with Crippen molar-refractivity contribution in [1.29, 1.82) is 0 Å². The maximum atomic E-state index is 11.5. The van der Waals surface area contributed by atoms with E-state index in [1.54, 1.807) is 6.07 Å². The predicted molar refractivity (Wildman–Crippen MR) is 106 cm³/mol. The number of nitro benzene ring substituents is 1. The first kappa shape index (κ1) is 18.2. The second-order valence-electron chi connectivity index (χ2n) is 7.14. The van der Waals surface area contributed by atoms with E-state index >= 15 is 0 Å². The molecule has 2 heterocycles. The van der Waals surface area contributed by atoms with Crippen LogP contribution in [-0.2, 0) is 11.3 Å². The summed E-state index contributed by atoms with van der Waals surface area (Å²) in [6.45, 7) is 2.63. The molecule has 0 aromatic heterocycles. The normalized spacial score (nSPS) is 17.4. The van der Waals surface area contributed by atoms with Crippen LogP contribution in [0.15, 0.2) is 42.5 Å². The van der Waals surface area contributed by atoms with Crippen molar-refractivity contribution >= 4 is 23.0 Å². The molecule has 0 atom stereocenters. The Balaban J connectivity index is 1.42. The summed E-state index contributed by atoms with van der Waals surface area (Å²) in [5.41, 5.74) is 2.12. The number of nitrogens with zero attached hydrogens (tertiary/aromatic N) is 2. The molecule has 8 heteroatoms. The first-order chi connectivity index (χ1) is 13.6. The van der Waals surface area contributed by atoms with Crippen LogP contribution in [0.4, 0.5) is 17.1 Å². The summed E-state index contributed by atoms with van der Waals surface area (Å²) in [6, 6.07) is 13.5. The molecule has 1 amide bonds. The molecule has 0 radical (unpaired) electrons. The van der Waals surface area contributed by atoms with Gasteiger partial charge in [0.05, 0.1) is 16.7 Å². The molecule has 8 nitrogen and oxygen atoms in total. The van der Waals surface area contributed by atoms with Crippen LogP contribution in [0.2, 0.25) is 0 Å². The molecule has 4 rings (SSSR count). The van der Waals surface area contributed by atoms with Crippen molar-refractivity contribution in [1.82, 2.24) is 4.90 Å². The van der Waals surface area contributed by atoms with Gasteiger partial charge in [0, 0.05) is 25.7 Å². The summed E-state index contributed by atoms with van der Waals surface area (Å²) in [5.74, 6) is 0.0658. The minimum absolute atomic E-state index is 0.0402. The van der Waals surface area contributed by atoms with Crippen LogP contribution in [0.25, 0.3) is 0 Å². The molecule has 0 saturated carbocycles. The lowest BCUT2D eigenvalue weighted by atomic mass is 10.0. The number of nitro groups is 1. The highest BCUT2D eigenvalue weighted by Gasteiger charge is 2.26. The van der Waals surface area contributed by atoms with Crippen molar-refractivity contribution in [3.05, 3.63) is 58.1 Å². The summed E-state index contributed by atoms with van der Waals surface area (Å²) < 4.78 is 5.29. The van der Waals surface area contributed by atoms with Crippen LogP contribution in [0, 0.1) is 10.1 Å². The molecule has 0 bridgehead atoms. The molecule has 28 heavy (non-hydrogen) atoms. The van der Waals surface area contributed by atoms with E-state index in [1.807, 2.05) is 18.2 Å². The SMILES string of the molecule is O=C1COc2cc([N+](=O)[O-])c(NC3CCN(Cc4ccccc4)CC3)cc2N1. The third kappa shape index (κ3) is 4.07. The average Bonchev–Trinajstić information content (AvgIpc) is 2.69. The highest BCUT2D eigenvalue weighted by molar-refractivity contribution is 5.96. The summed E-state index contributed by atoms with van der Waals surface area (Å²) in [5, 5.41) is 17.5. The highest BCUT2D eigenvalue weighted by Crippen LogP contribution is 2.38. The quantitative estimate of drug-likeness (QED) is 0.610. The standard InChI is InChI=1S/C20H22N4O4/c25-20-13-28-19-11-18(24(26)27)16(10-17(19)22-20)21-15-6-8-23(9-7-15)12-14-4-2-1-3-5-14/h1-5,10-11,15,21H,6-9,12-13H2,(H,22,25). The largest absolute Gasteiger partial charge is 0.481 e. The van der Waals surface area contributed by atoms with Gasteiger partial charge in [0.2, 0.25) is 0 Å². The molecule has 1 fully saturated rings. The van der Waals surface area contributed by atoms with Crippen molar-refractivity contribution in [2.45, 2.75) is 25.4 Å². The zero-order valence-electron chi connectivity index (χ0n) is 15.4. The lowest BCUT2D eigenvalue weighted by Gasteiger charge is -2.33. The summed E-state index contributed by atoms with van der Waals surface area (Å²) in [7, 11) is 0. The van der Waals surface area contributed by atoms with Gasteiger partial charge in [-0.25, -0.2) is 0 Å². The molecule has 0 spiro atoms. The Kier molecular flexibility index (Phi) is 5.12. The van der Waals surface area contributed by atoms with E-state index in [2.05, 4.69) is 27.7 Å². The van der Waals surface area contributed by atoms with Gasteiger partial charge in [-0.15, -0.1) is 0 Å². The van der Waals surface area contributed by atoms with Crippen LogP contribution >= 0.6 is 0 Å². The van der Waals surface area contributed by atoms with Gasteiger partial charge >= 0.3 is 0 Å². The fraction of sp³-hybridized carbons (Fsp3) is 0.350. The van der Waals surface area contributed by atoms with Crippen LogP contribution in [-0.4, -0.2) is 41.5 Å². The summed E-state index contributed by atoms with van der Waals surface area (Å²) in [6.07, 6.45) is 1.79. The topological polar surface area (TPSA) is 96.7 Å². The number of carbonyl (C=O) groups is 1. The highest BCUT2D eigenvalue weighted by atomic mass is 16.6.